The maximum absolute atomic E-state index is 13.4. The van der Waals surface area contributed by atoms with Gasteiger partial charge in [-0.2, -0.15) is 0 Å². The Balaban J connectivity index is 1.77. The van der Waals surface area contributed by atoms with E-state index >= 15 is 0 Å². The Labute approximate surface area is 154 Å². The molecule has 27 heavy (non-hydrogen) atoms. The van der Waals surface area contributed by atoms with Gasteiger partial charge in [0.1, 0.15) is 23.9 Å². The molecule has 0 amide bonds. The monoisotopic (exact) mass is 372 g/mol. The van der Waals surface area contributed by atoms with Gasteiger partial charge in [0, 0.05) is 19.4 Å². The van der Waals surface area contributed by atoms with Crippen molar-refractivity contribution in [1.82, 2.24) is 0 Å². The first-order valence-corrected chi connectivity index (χ1v) is 8.28. The minimum atomic E-state index is -1.16. The van der Waals surface area contributed by atoms with Crippen molar-refractivity contribution >= 4 is 17.9 Å². The number of fused-ring (bicyclic) bond motifs is 1. The highest BCUT2D eigenvalue weighted by molar-refractivity contribution is 5.98. The van der Waals surface area contributed by atoms with E-state index in [4.69, 9.17) is 14.2 Å². The molecular weight excluding hydrogens is 355 g/mol. The molecule has 1 heterocycles. The van der Waals surface area contributed by atoms with Crippen molar-refractivity contribution in [2.45, 2.75) is 26.9 Å². The van der Waals surface area contributed by atoms with E-state index in [1.807, 2.05) is 0 Å². The SMILES string of the molecule is CC(=O)OCc1ccc2c(c1)CC(C(=O)Oc1cc(F)ccc1C)C(=O)O2. The highest BCUT2D eigenvalue weighted by Gasteiger charge is 2.36. The molecule has 0 N–H and O–H groups in total. The second-order valence-corrected chi connectivity index (χ2v) is 6.23. The Kier molecular flexibility index (Phi) is 5.21. The fraction of sp³-hybridized carbons (Fsp3) is 0.250. The molecule has 0 spiro atoms. The molecule has 2 aromatic carbocycles. The summed E-state index contributed by atoms with van der Waals surface area (Å²) < 4.78 is 28.7. The lowest BCUT2D eigenvalue weighted by atomic mass is 9.95. The average molecular weight is 372 g/mol. The van der Waals surface area contributed by atoms with Crippen LogP contribution in [0.25, 0.3) is 0 Å². The molecular formula is C20H17FO6. The molecule has 0 bridgehead atoms. The van der Waals surface area contributed by atoms with Gasteiger partial charge in [0.15, 0.2) is 5.92 Å². The van der Waals surface area contributed by atoms with Crippen molar-refractivity contribution in [1.29, 1.82) is 0 Å². The molecule has 1 aliphatic rings. The Hall–Kier alpha value is -3.22. The number of carbonyl (C=O) groups excluding carboxylic acids is 3. The van der Waals surface area contributed by atoms with Crippen molar-refractivity contribution in [3.63, 3.8) is 0 Å². The molecule has 1 unspecified atom stereocenters. The van der Waals surface area contributed by atoms with Gasteiger partial charge in [0.05, 0.1) is 0 Å². The van der Waals surface area contributed by atoms with Gasteiger partial charge >= 0.3 is 17.9 Å². The van der Waals surface area contributed by atoms with Gasteiger partial charge in [-0.15, -0.1) is 0 Å². The van der Waals surface area contributed by atoms with Crippen molar-refractivity contribution in [3.05, 3.63) is 58.9 Å². The predicted octanol–water partition coefficient (Wildman–Crippen LogP) is 2.88. The van der Waals surface area contributed by atoms with E-state index in [1.54, 1.807) is 25.1 Å². The summed E-state index contributed by atoms with van der Waals surface area (Å²) in [5.74, 6) is -3.26. The van der Waals surface area contributed by atoms with Crippen LogP contribution in [-0.4, -0.2) is 17.9 Å². The van der Waals surface area contributed by atoms with E-state index in [9.17, 15) is 18.8 Å². The third kappa shape index (κ3) is 4.31. The number of benzene rings is 2. The van der Waals surface area contributed by atoms with Gasteiger partial charge in [-0.3, -0.25) is 14.4 Å². The lowest BCUT2D eigenvalue weighted by Gasteiger charge is -2.23. The first kappa shape index (κ1) is 18.6. The number of hydrogen-bond donors (Lipinski definition) is 0. The lowest BCUT2D eigenvalue weighted by Crippen LogP contribution is -2.36. The van der Waals surface area contributed by atoms with Gasteiger partial charge in [-0.25, -0.2) is 4.39 Å². The fourth-order valence-corrected chi connectivity index (χ4v) is 2.69. The molecule has 0 aromatic heterocycles. The van der Waals surface area contributed by atoms with Crippen molar-refractivity contribution in [2.24, 2.45) is 5.92 Å². The van der Waals surface area contributed by atoms with E-state index in [0.29, 0.717) is 22.4 Å². The molecule has 1 atom stereocenters. The standard InChI is InChI=1S/C20H17FO6/c1-11-3-5-15(21)9-18(11)27-20(24)16-8-14-7-13(10-25-12(2)22)4-6-17(14)26-19(16)23/h3-7,9,16H,8,10H2,1-2H3. The smallest absolute Gasteiger partial charge is 0.326 e. The minimum Gasteiger partial charge on any atom is -0.461 e. The van der Waals surface area contributed by atoms with E-state index in [-0.39, 0.29) is 18.8 Å². The summed E-state index contributed by atoms with van der Waals surface area (Å²) in [5, 5.41) is 0. The zero-order chi connectivity index (χ0) is 19.6. The van der Waals surface area contributed by atoms with Crippen LogP contribution >= 0.6 is 0 Å². The first-order valence-electron chi connectivity index (χ1n) is 8.28. The van der Waals surface area contributed by atoms with E-state index in [0.717, 1.165) is 6.07 Å². The van der Waals surface area contributed by atoms with Crippen LogP contribution in [0.4, 0.5) is 4.39 Å². The molecule has 7 heteroatoms. The molecule has 1 aliphatic heterocycles. The summed E-state index contributed by atoms with van der Waals surface area (Å²) in [4.78, 5) is 35.5. The Morgan fingerprint density at radius 3 is 2.74 bits per heavy atom. The molecule has 0 radical (unpaired) electrons. The molecule has 0 saturated heterocycles. The number of hydrogen-bond acceptors (Lipinski definition) is 6. The van der Waals surface area contributed by atoms with Crippen LogP contribution < -0.4 is 9.47 Å². The van der Waals surface area contributed by atoms with Crippen LogP contribution in [0.2, 0.25) is 0 Å². The van der Waals surface area contributed by atoms with Crippen molar-refractivity contribution in [2.75, 3.05) is 0 Å². The molecule has 2 aromatic rings. The number of rotatable bonds is 4. The maximum Gasteiger partial charge on any atom is 0.326 e. The van der Waals surface area contributed by atoms with Crippen LogP contribution in [0, 0.1) is 18.7 Å². The van der Waals surface area contributed by atoms with Gasteiger partial charge < -0.3 is 14.2 Å². The second-order valence-electron chi connectivity index (χ2n) is 6.23. The van der Waals surface area contributed by atoms with Gasteiger partial charge in [-0.05, 0) is 41.8 Å². The second kappa shape index (κ2) is 7.57. The quantitative estimate of drug-likeness (QED) is 0.467. The normalized spacial score (nSPS) is 15.5. The van der Waals surface area contributed by atoms with E-state index < -0.39 is 29.6 Å². The predicted molar refractivity (Wildman–Crippen MR) is 91.5 cm³/mol. The summed E-state index contributed by atoms with van der Waals surface area (Å²) >= 11 is 0. The van der Waals surface area contributed by atoms with Gasteiger partial charge in [0.2, 0.25) is 0 Å². The summed E-state index contributed by atoms with van der Waals surface area (Å²) in [7, 11) is 0. The molecule has 140 valence electrons. The van der Waals surface area contributed by atoms with Crippen LogP contribution in [-0.2, 0) is 32.1 Å². The number of carbonyl (C=O) groups is 3. The Bertz CT molecular complexity index is 921. The van der Waals surface area contributed by atoms with E-state index in [1.165, 1.54) is 19.1 Å². The van der Waals surface area contributed by atoms with Crippen molar-refractivity contribution < 1.29 is 33.0 Å². The van der Waals surface area contributed by atoms with Gasteiger partial charge in [-0.1, -0.05) is 12.1 Å². The lowest BCUT2D eigenvalue weighted by molar-refractivity contribution is -0.152. The molecule has 0 fully saturated rings. The maximum atomic E-state index is 13.4. The highest BCUT2D eigenvalue weighted by Crippen LogP contribution is 2.30. The summed E-state index contributed by atoms with van der Waals surface area (Å²) in [6.07, 6.45) is 0.0786. The summed E-state index contributed by atoms with van der Waals surface area (Å²) in [6.45, 7) is 3.05. The number of ether oxygens (including phenoxy) is 3. The number of aryl methyl sites for hydroxylation is 1. The molecule has 0 aliphatic carbocycles. The van der Waals surface area contributed by atoms with Crippen LogP contribution in [0.15, 0.2) is 36.4 Å². The van der Waals surface area contributed by atoms with Crippen LogP contribution in [0.5, 0.6) is 11.5 Å². The third-order valence-corrected chi connectivity index (χ3v) is 4.13. The molecule has 3 rings (SSSR count). The Morgan fingerprint density at radius 1 is 1.22 bits per heavy atom. The summed E-state index contributed by atoms with van der Waals surface area (Å²) in [5.41, 5.74) is 1.89. The molecule has 6 nitrogen and oxygen atoms in total. The topological polar surface area (TPSA) is 78.9 Å². The van der Waals surface area contributed by atoms with E-state index in [2.05, 4.69) is 0 Å². The minimum absolute atomic E-state index is 0.0576. The molecule has 0 saturated carbocycles. The van der Waals surface area contributed by atoms with Crippen LogP contribution in [0.3, 0.4) is 0 Å². The number of esters is 3. The number of halogens is 1. The highest BCUT2D eigenvalue weighted by atomic mass is 19.1. The summed E-state index contributed by atoms with van der Waals surface area (Å²) in [6, 6.07) is 8.79. The first-order chi connectivity index (χ1) is 12.8. The van der Waals surface area contributed by atoms with Gasteiger partial charge in [0.25, 0.3) is 0 Å². The average Bonchev–Trinajstić information content (AvgIpc) is 2.62. The third-order valence-electron chi connectivity index (χ3n) is 4.13. The zero-order valence-electron chi connectivity index (χ0n) is 14.8. The van der Waals surface area contributed by atoms with Crippen LogP contribution in [0.1, 0.15) is 23.6 Å². The zero-order valence-corrected chi connectivity index (χ0v) is 14.8. The fourth-order valence-electron chi connectivity index (χ4n) is 2.69. The van der Waals surface area contributed by atoms with Crippen molar-refractivity contribution in [3.8, 4) is 11.5 Å². The largest absolute Gasteiger partial charge is 0.461 e. The Morgan fingerprint density at radius 2 is 2.00 bits per heavy atom.